The maximum absolute atomic E-state index is 5.98. The van der Waals surface area contributed by atoms with Gasteiger partial charge in [0.15, 0.2) is 0 Å². The van der Waals surface area contributed by atoms with Crippen LogP contribution in [-0.2, 0) is 6.54 Å². The van der Waals surface area contributed by atoms with Gasteiger partial charge in [-0.1, -0.05) is 35.7 Å². The van der Waals surface area contributed by atoms with Crippen LogP contribution < -0.4 is 5.32 Å². The fourth-order valence-corrected chi connectivity index (χ4v) is 3.37. The van der Waals surface area contributed by atoms with Gasteiger partial charge in [-0.25, -0.2) is 0 Å². The highest BCUT2D eigenvalue weighted by atomic mass is 35.5. The van der Waals surface area contributed by atoms with Gasteiger partial charge in [0.25, 0.3) is 0 Å². The third kappa shape index (κ3) is 3.31. The van der Waals surface area contributed by atoms with Crippen LogP contribution in [0, 0.1) is 0 Å². The Hall–Kier alpha value is 0.110. The molecule has 1 N–H and O–H groups in total. The van der Waals surface area contributed by atoms with Crippen LogP contribution in [0.25, 0.3) is 0 Å². The van der Waals surface area contributed by atoms with E-state index in [1.54, 1.807) is 0 Å². The summed E-state index contributed by atoms with van der Waals surface area (Å²) in [6, 6.07) is 5.81. The molecular formula is C13H17Cl2NS. The Morgan fingerprint density at radius 1 is 1.29 bits per heavy atom. The van der Waals surface area contributed by atoms with Crippen molar-refractivity contribution in [3.05, 3.63) is 33.8 Å². The molecule has 1 aliphatic carbocycles. The molecule has 4 heteroatoms. The van der Waals surface area contributed by atoms with E-state index in [9.17, 15) is 0 Å². The highest BCUT2D eigenvalue weighted by Gasteiger charge is 2.35. The Labute approximate surface area is 117 Å². The van der Waals surface area contributed by atoms with E-state index < -0.39 is 0 Å². The SMILES string of the molecule is CSC1(CNCc2ccc(Cl)c(Cl)c2)CCC1. The zero-order valence-corrected chi connectivity index (χ0v) is 12.3. The second kappa shape index (κ2) is 5.83. The number of benzene rings is 1. The largest absolute Gasteiger partial charge is 0.311 e. The maximum Gasteiger partial charge on any atom is 0.0595 e. The molecule has 0 spiro atoms. The number of halogens is 2. The van der Waals surface area contributed by atoms with E-state index in [0.717, 1.165) is 13.1 Å². The van der Waals surface area contributed by atoms with E-state index in [4.69, 9.17) is 23.2 Å². The van der Waals surface area contributed by atoms with Crippen LogP contribution in [-0.4, -0.2) is 17.5 Å². The number of nitrogens with one attached hydrogen (secondary N) is 1. The summed E-state index contributed by atoms with van der Waals surface area (Å²) < 4.78 is 0.482. The minimum Gasteiger partial charge on any atom is -0.311 e. The number of thioether (sulfide) groups is 1. The molecule has 0 aromatic heterocycles. The predicted octanol–water partition coefficient (Wildman–Crippen LogP) is 4.37. The van der Waals surface area contributed by atoms with Crippen LogP contribution in [0.2, 0.25) is 10.0 Å². The summed E-state index contributed by atoms with van der Waals surface area (Å²) in [7, 11) is 0. The normalized spacial score (nSPS) is 17.8. The highest BCUT2D eigenvalue weighted by Crippen LogP contribution is 2.42. The molecule has 17 heavy (non-hydrogen) atoms. The predicted molar refractivity (Wildman–Crippen MR) is 78.3 cm³/mol. The number of rotatable bonds is 5. The van der Waals surface area contributed by atoms with Gasteiger partial charge in [-0.05, 0) is 36.8 Å². The highest BCUT2D eigenvalue weighted by molar-refractivity contribution is 8.00. The molecule has 0 heterocycles. The molecule has 0 amide bonds. The lowest BCUT2D eigenvalue weighted by molar-refractivity contribution is 0.345. The van der Waals surface area contributed by atoms with Crippen molar-refractivity contribution in [2.24, 2.45) is 0 Å². The molecule has 1 fully saturated rings. The fourth-order valence-electron chi connectivity index (χ4n) is 2.11. The Balaban J connectivity index is 1.83. The first-order valence-corrected chi connectivity index (χ1v) is 7.83. The second-order valence-corrected chi connectivity index (χ2v) is 6.68. The summed E-state index contributed by atoms with van der Waals surface area (Å²) in [5.41, 5.74) is 1.19. The zero-order valence-electron chi connectivity index (χ0n) is 9.93. The molecule has 0 aliphatic heterocycles. The smallest absolute Gasteiger partial charge is 0.0595 e. The summed E-state index contributed by atoms with van der Waals surface area (Å²) in [6.45, 7) is 1.94. The van der Waals surface area contributed by atoms with E-state index >= 15 is 0 Å². The first kappa shape index (κ1) is 13.5. The molecule has 1 aromatic carbocycles. The van der Waals surface area contributed by atoms with Gasteiger partial charge < -0.3 is 5.32 Å². The topological polar surface area (TPSA) is 12.0 Å². The molecule has 0 saturated heterocycles. The van der Waals surface area contributed by atoms with Crippen LogP contribution in [0.4, 0.5) is 0 Å². The molecule has 0 radical (unpaired) electrons. The summed E-state index contributed by atoms with van der Waals surface area (Å²) in [5, 5.41) is 4.77. The van der Waals surface area contributed by atoms with Crippen molar-refractivity contribution in [2.75, 3.05) is 12.8 Å². The third-order valence-electron chi connectivity index (χ3n) is 3.46. The van der Waals surface area contributed by atoms with Gasteiger partial charge in [0.05, 0.1) is 10.0 Å². The number of hydrogen-bond acceptors (Lipinski definition) is 2. The Bertz CT molecular complexity index is 385. The lowest BCUT2D eigenvalue weighted by Crippen LogP contribution is -2.43. The number of hydrogen-bond donors (Lipinski definition) is 1. The summed E-state index contributed by atoms with van der Waals surface area (Å²) in [6.07, 6.45) is 6.25. The van der Waals surface area contributed by atoms with Crippen molar-refractivity contribution in [3.63, 3.8) is 0 Å². The van der Waals surface area contributed by atoms with Crippen molar-refractivity contribution in [1.29, 1.82) is 0 Å². The molecular weight excluding hydrogens is 273 g/mol. The maximum atomic E-state index is 5.98. The lowest BCUT2D eigenvalue weighted by Gasteiger charge is -2.40. The zero-order chi connectivity index (χ0) is 12.3. The quantitative estimate of drug-likeness (QED) is 0.864. The van der Waals surface area contributed by atoms with Crippen molar-refractivity contribution < 1.29 is 0 Å². The molecule has 94 valence electrons. The standard InChI is InChI=1S/C13H17Cl2NS/c1-17-13(5-2-6-13)9-16-8-10-3-4-11(14)12(15)7-10/h3-4,7,16H,2,5-6,8-9H2,1H3. The van der Waals surface area contributed by atoms with Crippen molar-refractivity contribution in [3.8, 4) is 0 Å². The molecule has 1 saturated carbocycles. The summed E-state index contributed by atoms with van der Waals surface area (Å²) in [4.78, 5) is 0. The molecule has 1 aliphatic rings. The van der Waals surface area contributed by atoms with Gasteiger partial charge in [-0.15, -0.1) is 0 Å². The van der Waals surface area contributed by atoms with E-state index in [1.807, 2.05) is 30.0 Å². The van der Waals surface area contributed by atoms with Crippen molar-refractivity contribution >= 4 is 35.0 Å². The van der Waals surface area contributed by atoms with Crippen molar-refractivity contribution in [2.45, 2.75) is 30.6 Å². The second-order valence-electron chi connectivity index (χ2n) is 4.59. The summed E-state index contributed by atoms with van der Waals surface area (Å²) in [5.74, 6) is 0. The fraction of sp³-hybridized carbons (Fsp3) is 0.538. The van der Waals surface area contributed by atoms with Gasteiger partial charge in [0.2, 0.25) is 0 Å². The minimum atomic E-state index is 0.482. The first-order valence-electron chi connectivity index (χ1n) is 5.85. The van der Waals surface area contributed by atoms with E-state index in [-0.39, 0.29) is 0 Å². The summed E-state index contributed by atoms with van der Waals surface area (Å²) >= 11 is 13.9. The molecule has 0 atom stereocenters. The van der Waals surface area contributed by atoms with E-state index in [0.29, 0.717) is 14.8 Å². The van der Waals surface area contributed by atoms with Gasteiger partial charge in [-0.2, -0.15) is 11.8 Å². The van der Waals surface area contributed by atoms with Gasteiger partial charge in [-0.3, -0.25) is 0 Å². The first-order chi connectivity index (χ1) is 8.15. The molecule has 1 nitrogen and oxygen atoms in total. The van der Waals surface area contributed by atoms with E-state index in [2.05, 4.69) is 11.6 Å². The van der Waals surface area contributed by atoms with Gasteiger partial charge in [0.1, 0.15) is 0 Å². The van der Waals surface area contributed by atoms with Crippen LogP contribution in [0.5, 0.6) is 0 Å². The van der Waals surface area contributed by atoms with E-state index in [1.165, 1.54) is 24.8 Å². The van der Waals surface area contributed by atoms with Crippen LogP contribution in [0.3, 0.4) is 0 Å². The molecule has 1 aromatic rings. The van der Waals surface area contributed by atoms with Crippen LogP contribution in [0.15, 0.2) is 18.2 Å². The lowest BCUT2D eigenvalue weighted by atomic mass is 9.84. The average molecular weight is 290 g/mol. The molecule has 0 unspecified atom stereocenters. The van der Waals surface area contributed by atoms with Gasteiger partial charge >= 0.3 is 0 Å². The minimum absolute atomic E-state index is 0.482. The monoisotopic (exact) mass is 289 g/mol. The Morgan fingerprint density at radius 3 is 2.59 bits per heavy atom. The average Bonchev–Trinajstić information content (AvgIpc) is 2.27. The van der Waals surface area contributed by atoms with Crippen LogP contribution >= 0.6 is 35.0 Å². The molecule has 2 rings (SSSR count). The Morgan fingerprint density at radius 2 is 2.06 bits per heavy atom. The van der Waals surface area contributed by atoms with Crippen molar-refractivity contribution in [1.82, 2.24) is 5.32 Å². The third-order valence-corrected chi connectivity index (χ3v) is 5.62. The molecule has 0 bridgehead atoms. The Kier molecular flexibility index (Phi) is 4.65. The van der Waals surface area contributed by atoms with Gasteiger partial charge in [0, 0.05) is 17.8 Å². The van der Waals surface area contributed by atoms with Crippen LogP contribution in [0.1, 0.15) is 24.8 Å².